The Hall–Kier alpha value is -2.51. The van der Waals surface area contributed by atoms with Crippen molar-refractivity contribution in [2.24, 2.45) is 0 Å². The van der Waals surface area contributed by atoms with Gasteiger partial charge in [0.25, 0.3) is 5.56 Å². The Morgan fingerprint density at radius 1 is 1.43 bits per heavy atom. The average molecular weight is 291 g/mol. The van der Waals surface area contributed by atoms with Crippen LogP contribution in [0.2, 0.25) is 0 Å². The number of aromatic nitrogens is 4. The van der Waals surface area contributed by atoms with Crippen molar-refractivity contribution in [3.63, 3.8) is 0 Å². The second-order valence-electron chi connectivity index (χ2n) is 4.80. The molecule has 0 radical (unpaired) electrons. The molecule has 0 saturated carbocycles. The molecule has 0 aromatic carbocycles. The number of carbonyl (C=O) groups is 1. The molecule has 0 unspecified atom stereocenters. The number of aryl methyl sites for hydroxylation is 2. The van der Waals surface area contributed by atoms with Crippen molar-refractivity contribution in [3.8, 4) is 0 Å². The van der Waals surface area contributed by atoms with E-state index in [0.717, 1.165) is 0 Å². The van der Waals surface area contributed by atoms with E-state index in [1.807, 2.05) is 0 Å². The summed E-state index contributed by atoms with van der Waals surface area (Å²) in [6.45, 7) is 3.88. The zero-order chi connectivity index (χ0) is 15.4. The van der Waals surface area contributed by atoms with Crippen LogP contribution in [0, 0.1) is 13.8 Å². The van der Waals surface area contributed by atoms with Gasteiger partial charge in [0.1, 0.15) is 5.82 Å². The molecule has 1 amide bonds. The van der Waals surface area contributed by atoms with Crippen molar-refractivity contribution in [2.75, 3.05) is 13.6 Å². The smallest absolute Gasteiger partial charge is 0.254 e. The van der Waals surface area contributed by atoms with Crippen LogP contribution in [0.5, 0.6) is 0 Å². The number of nitrogens with one attached hydrogen (secondary N) is 1. The van der Waals surface area contributed by atoms with Crippen molar-refractivity contribution >= 4 is 5.91 Å². The average Bonchev–Trinajstić information content (AvgIpc) is 2.93. The normalized spacial score (nSPS) is 10.6. The molecule has 112 valence electrons. The second-order valence-corrected chi connectivity index (χ2v) is 4.80. The first-order valence-corrected chi connectivity index (χ1v) is 6.53. The molecule has 0 aliphatic carbocycles. The van der Waals surface area contributed by atoms with Gasteiger partial charge in [-0.25, -0.2) is 4.98 Å². The highest BCUT2D eigenvalue weighted by atomic mass is 16.5. The van der Waals surface area contributed by atoms with Gasteiger partial charge in [-0.1, -0.05) is 5.16 Å². The van der Waals surface area contributed by atoms with Gasteiger partial charge < -0.3 is 14.4 Å². The van der Waals surface area contributed by atoms with Gasteiger partial charge in [-0.2, -0.15) is 4.98 Å². The Labute approximate surface area is 121 Å². The van der Waals surface area contributed by atoms with Gasteiger partial charge >= 0.3 is 0 Å². The zero-order valence-corrected chi connectivity index (χ0v) is 12.2. The van der Waals surface area contributed by atoms with Gasteiger partial charge in [-0.15, -0.1) is 0 Å². The maximum Gasteiger partial charge on any atom is 0.254 e. The Bertz CT molecular complexity index is 678. The van der Waals surface area contributed by atoms with Crippen molar-refractivity contribution in [1.29, 1.82) is 0 Å². The molecule has 2 rings (SSSR count). The van der Waals surface area contributed by atoms with Gasteiger partial charge in [0.15, 0.2) is 5.82 Å². The molecule has 0 bridgehead atoms. The van der Waals surface area contributed by atoms with Crippen LogP contribution in [0.3, 0.4) is 0 Å². The van der Waals surface area contributed by atoms with E-state index in [1.165, 1.54) is 11.3 Å². The van der Waals surface area contributed by atoms with Crippen molar-refractivity contribution in [2.45, 2.75) is 26.7 Å². The third-order valence-electron chi connectivity index (χ3n) is 3.17. The summed E-state index contributed by atoms with van der Waals surface area (Å²) in [6.07, 6.45) is 1.77. The highest BCUT2D eigenvalue weighted by Crippen LogP contribution is 2.03. The molecule has 0 fully saturated rings. The maximum atomic E-state index is 12.1. The lowest BCUT2D eigenvalue weighted by Gasteiger charge is -2.16. The molecule has 0 saturated heterocycles. The fraction of sp³-hybridized carbons (Fsp3) is 0.462. The van der Waals surface area contributed by atoms with Gasteiger partial charge in [0, 0.05) is 31.3 Å². The summed E-state index contributed by atoms with van der Waals surface area (Å²) in [4.78, 5) is 36.2. The van der Waals surface area contributed by atoms with Gasteiger partial charge in [-0.3, -0.25) is 9.59 Å². The van der Waals surface area contributed by atoms with Crippen LogP contribution in [0.4, 0.5) is 0 Å². The van der Waals surface area contributed by atoms with Crippen LogP contribution in [0.15, 0.2) is 15.7 Å². The Kier molecular flexibility index (Phi) is 4.46. The minimum absolute atomic E-state index is 0.0250. The molecule has 2 heterocycles. The topological polar surface area (TPSA) is 105 Å². The van der Waals surface area contributed by atoms with E-state index >= 15 is 0 Å². The molecular weight excluding hydrogens is 274 g/mol. The lowest BCUT2D eigenvalue weighted by Crippen LogP contribution is -2.32. The van der Waals surface area contributed by atoms with Crippen LogP contribution in [0.25, 0.3) is 0 Å². The van der Waals surface area contributed by atoms with Gasteiger partial charge in [0.05, 0.1) is 6.42 Å². The third-order valence-corrected chi connectivity index (χ3v) is 3.17. The van der Waals surface area contributed by atoms with Gasteiger partial charge in [0.2, 0.25) is 12.3 Å². The number of H-pyrrole nitrogens is 1. The molecule has 21 heavy (non-hydrogen) atoms. The fourth-order valence-corrected chi connectivity index (χ4v) is 1.94. The Morgan fingerprint density at radius 2 is 2.19 bits per heavy atom. The largest absolute Gasteiger partial charge is 0.345 e. The molecule has 2 aromatic heterocycles. The maximum absolute atomic E-state index is 12.1. The number of carbonyl (C=O) groups excluding carboxylic acids is 1. The summed E-state index contributed by atoms with van der Waals surface area (Å²) in [7, 11) is 1.67. The standard InChI is InChI=1S/C13H17N5O3/c1-8-10(13(20)16-9(2)15-8)6-12(19)18(3)5-4-11-14-7-21-17-11/h7H,4-6H2,1-3H3,(H,15,16,20). The van der Waals surface area contributed by atoms with E-state index in [2.05, 4.69) is 24.6 Å². The first-order chi connectivity index (χ1) is 9.97. The molecule has 0 spiro atoms. The summed E-state index contributed by atoms with van der Waals surface area (Å²) in [6, 6.07) is 0. The molecule has 2 aromatic rings. The third kappa shape index (κ3) is 3.74. The first kappa shape index (κ1) is 14.9. The van der Waals surface area contributed by atoms with Crippen molar-refractivity contribution < 1.29 is 9.32 Å². The SMILES string of the molecule is Cc1nc(C)c(CC(=O)N(C)CCc2ncon2)c(=O)[nH]1. The van der Waals surface area contributed by atoms with Crippen LogP contribution in [-0.2, 0) is 17.6 Å². The molecule has 0 aliphatic rings. The van der Waals surface area contributed by atoms with E-state index in [4.69, 9.17) is 0 Å². The van der Waals surface area contributed by atoms with E-state index in [1.54, 1.807) is 20.9 Å². The monoisotopic (exact) mass is 291 g/mol. The lowest BCUT2D eigenvalue weighted by atomic mass is 10.1. The number of rotatable bonds is 5. The predicted octanol–water partition coefficient (Wildman–Crippen LogP) is 0.0133. The summed E-state index contributed by atoms with van der Waals surface area (Å²) < 4.78 is 4.63. The van der Waals surface area contributed by atoms with Crippen LogP contribution in [-0.4, -0.2) is 44.5 Å². The molecule has 0 aliphatic heterocycles. The van der Waals surface area contributed by atoms with Crippen molar-refractivity contribution in [3.05, 3.63) is 39.7 Å². The predicted molar refractivity (Wildman–Crippen MR) is 73.7 cm³/mol. The quantitative estimate of drug-likeness (QED) is 0.832. The zero-order valence-electron chi connectivity index (χ0n) is 12.2. The summed E-state index contributed by atoms with van der Waals surface area (Å²) in [5, 5.41) is 3.68. The van der Waals surface area contributed by atoms with Crippen LogP contribution >= 0.6 is 0 Å². The summed E-state index contributed by atoms with van der Waals surface area (Å²) in [5.74, 6) is 0.928. The number of amides is 1. The highest BCUT2D eigenvalue weighted by molar-refractivity contribution is 5.78. The lowest BCUT2D eigenvalue weighted by molar-refractivity contribution is -0.129. The highest BCUT2D eigenvalue weighted by Gasteiger charge is 2.15. The van der Waals surface area contributed by atoms with E-state index < -0.39 is 0 Å². The number of hydrogen-bond acceptors (Lipinski definition) is 6. The Balaban J connectivity index is 1.99. The first-order valence-electron chi connectivity index (χ1n) is 6.53. The van der Waals surface area contributed by atoms with Crippen molar-refractivity contribution in [1.82, 2.24) is 25.0 Å². The second kappa shape index (κ2) is 6.29. The van der Waals surface area contributed by atoms with E-state index in [-0.39, 0.29) is 17.9 Å². The minimum Gasteiger partial charge on any atom is -0.345 e. The molecule has 1 N–H and O–H groups in total. The molecule has 8 heteroatoms. The number of likely N-dealkylation sites (N-methyl/N-ethyl adjacent to an activating group) is 1. The summed E-state index contributed by atoms with van der Waals surface area (Å²) >= 11 is 0. The van der Waals surface area contributed by atoms with E-state index in [9.17, 15) is 9.59 Å². The van der Waals surface area contributed by atoms with Crippen LogP contribution in [0.1, 0.15) is 22.9 Å². The number of aromatic amines is 1. The Morgan fingerprint density at radius 3 is 2.81 bits per heavy atom. The van der Waals surface area contributed by atoms with Crippen LogP contribution < -0.4 is 5.56 Å². The van der Waals surface area contributed by atoms with Gasteiger partial charge in [-0.05, 0) is 13.8 Å². The summed E-state index contributed by atoms with van der Waals surface area (Å²) in [5.41, 5.74) is 0.716. The molecule has 8 nitrogen and oxygen atoms in total. The number of nitrogens with zero attached hydrogens (tertiary/aromatic N) is 4. The number of hydrogen-bond donors (Lipinski definition) is 1. The fourth-order valence-electron chi connectivity index (χ4n) is 1.94. The molecular formula is C13H17N5O3. The molecule has 0 atom stereocenters. The minimum atomic E-state index is -0.264. The van der Waals surface area contributed by atoms with E-state index in [0.29, 0.717) is 35.9 Å².